The van der Waals surface area contributed by atoms with Gasteiger partial charge in [-0.1, -0.05) is 0 Å². The van der Waals surface area contributed by atoms with E-state index in [-0.39, 0.29) is 0 Å². The summed E-state index contributed by atoms with van der Waals surface area (Å²) >= 11 is 1.69. The normalized spacial score (nSPS) is 10.8. The van der Waals surface area contributed by atoms with Crippen molar-refractivity contribution in [2.75, 3.05) is 17.2 Å². The summed E-state index contributed by atoms with van der Waals surface area (Å²) in [5.41, 5.74) is 2.73. The topological polar surface area (TPSA) is 78.5 Å². The molecule has 3 rings (SSSR count). The number of nitrogens with zero attached hydrogens (tertiary/aromatic N) is 3. The Kier molecular flexibility index (Phi) is 3.28. The first-order valence-corrected chi connectivity index (χ1v) is 7.01. The fourth-order valence-electron chi connectivity index (χ4n) is 1.78. The minimum atomic E-state index is 0.593. The molecule has 0 aliphatic carbocycles. The first-order valence-electron chi connectivity index (χ1n) is 6.06. The lowest BCUT2D eigenvalue weighted by Crippen LogP contribution is -2.07. The van der Waals surface area contributed by atoms with Gasteiger partial charge in [0.15, 0.2) is 11.5 Å². The van der Waals surface area contributed by atoms with Crippen LogP contribution in [0.4, 0.5) is 11.8 Å². The smallest absolute Gasteiger partial charge is 0.226 e. The van der Waals surface area contributed by atoms with Crippen LogP contribution in [0.1, 0.15) is 12.5 Å². The number of rotatable bonds is 5. The van der Waals surface area contributed by atoms with Gasteiger partial charge in [-0.3, -0.25) is 0 Å². The van der Waals surface area contributed by atoms with Crippen molar-refractivity contribution in [1.82, 2.24) is 19.9 Å². The maximum Gasteiger partial charge on any atom is 0.226 e. The van der Waals surface area contributed by atoms with E-state index in [0.29, 0.717) is 11.6 Å². The SMILES string of the molecule is CCNc1nc(NCc2ccsc2)c2[nH]cnc2n1. The third-order valence-electron chi connectivity index (χ3n) is 2.66. The Bertz CT molecular complexity index is 660. The lowest BCUT2D eigenvalue weighted by atomic mass is 10.3. The number of nitrogens with one attached hydrogen (secondary N) is 3. The van der Waals surface area contributed by atoms with E-state index in [1.54, 1.807) is 17.7 Å². The Hall–Kier alpha value is -2.15. The zero-order valence-electron chi connectivity index (χ0n) is 10.5. The van der Waals surface area contributed by atoms with Gasteiger partial charge < -0.3 is 15.6 Å². The molecule has 3 aromatic rings. The van der Waals surface area contributed by atoms with Crippen molar-refractivity contribution in [3.63, 3.8) is 0 Å². The molecule has 0 bridgehead atoms. The monoisotopic (exact) mass is 274 g/mol. The van der Waals surface area contributed by atoms with Crippen molar-refractivity contribution in [2.24, 2.45) is 0 Å². The van der Waals surface area contributed by atoms with E-state index in [9.17, 15) is 0 Å². The summed E-state index contributed by atoms with van der Waals surface area (Å²) < 4.78 is 0. The van der Waals surface area contributed by atoms with Crippen molar-refractivity contribution in [1.29, 1.82) is 0 Å². The average molecular weight is 274 g/mol. The Balaban J connectivity index is 1.89. The van der Waals surface area contributed by atoms with Crippen LogP contribution in [0.2, 0.25) is 0 Å². The van der Waals surface area contributed by atoms with Crippen LogP contribution in [-0.4, -0.2) is 26.5 Å². The highest BCUT2D eigenvalue weighted by atomic mass is 32.1. The van der Waals surface area contributed by atoms with Gasteiger partial charge in [-0.05, 0) is 29.3 Å². The predicted molar refractivity (Wildman–Crippen MR) is 77.5 cm³/mol. The molecule has 19 heavy (non-hydrogen) atoms. The summed E-state index contributed by atoms with van der Waals surface area (Å²) in [6.45, 7) is 3.52. The molecule has 3 N–H and O–H groups in total. The van der Waals surface area contributed by atoms with E-state index < -0.39 is 0 Å². The largest absolute Gasteiger partial charge is 0.364 e. The van der Waals surface area contributed by atoms with Crippen molar-refractivity contribution < 1.29 is 0 Å². The van der Waals surface area contributed by atoms with Gasteiger partial charge in [0.05, 0.1) is 6.33 Å². The fourth-order valence-corrected chi connectivity index (χ4v) is 2.45. The lowest BCUT2D eigenvalue weighted by Gasteiger charge is -2.07. The van der Waals surface area contributed by atoms with Crippen LogP contribution in [0, 0.1) is 0 Å². The molecule has 0 unspecified atom stereocenters. The third kappa shape index (κ3) is 2.50. The minimum absolute atomic E-state index is 0.593. The highest BCUT2D eigenvalue weighted by molar-refractivity contribution is 7.07. The van der Waals surface area contributed by atoms with Crippen LogP contribution in [0.5, 0.6) is 0 Å². The molecule has 6 nitrogen and oxygen atoms in total. The standard InChI is InChI=1S/C12H14N6S/c1-2-13-12-17-10(9-11(18-12)16-7-15-9)14-5-8-3-4-19-6-8/h3-4,6-7H,2,5H2,1H3,(H3,13,14,15,16,17,18). The zero-order valence-corrected chi connectivity index (χ0v) is 11.3. The van der Waals surface area contributed by atoms with E-state index in [1.165, 1.54) is 5.56 Å². The summed E-state index contributed by atoms with van der Waals surface area (Å²) in [5.74, 6) is 1.36. The van der Waals surface area contributed by atoms with Gasteiger partial charge >= 0.3 is 0 Å². The highest BCUT2D eigenvalue weighted by Gasteiger charge is 2.09. The number of hydrogen-bond acceptors (Lipinski definition) is 6. The van der Waals surface area contributed by atoms with Gasteiger partial charge in [-0.15, -0.1) is 0 Å². The first kappa shape index (κ1) is 11.9. The molecule has 0 aliphatic rings. The molecule has 0 amide bonds. The Morgan fingerprint density at radius 2 is 2.26 bits per heavy atom. The van der Waals surface area contributed by atoms with Crippen LogP contribution in [0.15, 0.2) is 23.2 Å². The number of imidazole rings is 1. The molecule has 0 saturated carbocycles. The molecule has 0 atom stereocenters. The summed E-state index contributed by atoms with van der Waals surface area (Å²) in [7, 11) is 0. The number of H-pyrrole nitrogens is 1. The number of thiophene rings is 1. The second-order valence-corrected chi connectivity index (χ2v) is 4.79. The second-order valence-electron chi connectivity index (χ2n) is 4.01. The summed E-state index contributed by atoms with van der Waals surface area (Å²) in [4.78, 5) is 16.0. The molecular weight excluding hydrogens is 260 g/mol. The number of aromatic amines is 1. The molecule has 3 aromatic heterocycles. The number of aromatic nitrogens is 4. The van der Waals surface area contributed by atoms with Crippen LogP contribution in [0.25, 0.3) is 11.2 Å². The summed E-state index contributed by atoms with van der Waals surface area (Å²) in [6.07, 6.45) is 1.63. The number of anilines is 2. The van der Waals surface area contributed by atoms with E-state index in [2.05, 4.69) is 47.4 Å². The fraction of sp³-hybridized carbons (Fsp3) is 0.250. The molecule has 98 valence electrons. The lowest BCUT2D eigenvalue weighted by molar-refractivity contribution is 1.07. The van der Waals surface area contributed by atoms with Crippen LogP contribution in [0.3, 0.4) is 0 Å². The van der Waals surface area contributed by atoms with Gasteiger partial charge in [0.1, 0.15) is 5.52 Å². The molecular formula is C12H14N6S. The quantitative estimate of drug-likeness (QED) is 0.666. The molecule has 0 radical (unpaired) electrons. The average Bonchev–Trinajstić information content (AvgIpc) is 3.07. The zero-order chi connectivity index (χ0) is 13.1. The number of fused-ring (bicyclic) bond motifs is 1. The Labute approximate surface area is 114 Å². The van der Waals surface area contributed by atoms with Gasteiger partial charge in [0.2, 0.25) is 5.95 Å². The molecule has 0 fully saturated rings. The molecule has 0 aromatic carbocycles. The third-order valence-corrected chi connectivity index (χ3v) is 3.39. The van der Waals surface area contributed by atoms with Crippen molar-refractivity contribution >= 4 is 34.3 Å². The van der Waals surface area contributed by atoms with E-state index in [0.717, 1.165) is 24.4 Å². The summed E-state index contributed by atoms with van der Waals surface area (Å²) in [5, 5.41) is 10.6. The molecule has 7 heteroatoms. The molecule has 0 spiro atoms. The van der Waals surface area contributed by atoms with Gasteiger partial charge in [0.25, 0.3) is 0 Å². The second kappa shape index (κ2) is 5.23. The Morgan fingerprint density at radius 1 is 1.32 bits per heavy atom. The minimum Gasteiger partial charge on any atom is -0.364 e. The number of hydrogen-bond donors (Lipinski definition) is 3. The van der Waals surface area contributed by atoms with Gasteiger partial charge in [-0.25, -0.2) is 4.98 Å². The maximum atomic E-state index is 4.46. The van der Waals surface area contributed by atoms with Crippen molar-refractivity contribution in [3.05, 3.63) is 28.7 Å². The molecule has 0 saturated heterocycles. The first-order chi connectivity index (χ1) is 9.36. The molecule has 0 aliphatic heterocycles. The van der Waals surface area contributed by atoms with Crippen LogP contribution >= 0.6 is 11.3 Å². The molecule has 3 heterocycles. The van der Waals surface area contributed by atoms with E-state index >= 15 is 0 Å². The van der Waals surface area contributed by atoms with Gasteiger partial charge in [0, 0.05) is 13.1 Å². The Morgan fingerprint density at radius 3 is 3.05 bits per heavy atom. The summed E-state index contributed by atoms with van der Waals surface area (Å²) in [6, 6.07) is 2.09. The van der Waals surface area contributed by atoms with Crippen LogP contribution in [-0.2, 0) is 6.54 Å². The predicted octanol–water partition coefficient (Wildman–Crippen LogP) is 2.46. The van der Waals surface area contributed by atoms with E-state index in [1.807, 2.05) is 6.92 Å². The van der Waals surface area contributed by atoms with Crippen LogP contribution < -0.4 is 10.6 Å². The van der Waals surface area contributed by atoms with Crippen molar-refractivity contribution in [2.45, 2.75) is 13.5 Å². The van der Waals surface area contributed by atoms with Crippen molar-refractivity contribution in [3.8, 4) is 0 Å². The van der Waals surface area contributed by atoms with E-state index in [4.69, 9.17) is 0 Å². The highest BCUT2D eigenvalue weighted by Crippen LogP contribution is 2.19. The van der Waals surface area contributed by atoms with Gasteiger partial charge in [-0.2, -0.15) is 21.3 Å². The maximum absolute atomic E-state index is 4.46.